The second-order valence-electron chi connectivity index (χ2n) is 3.36. The van der Waals surface area contributed by atoms with Crippen LogP contribution in [0.15, 0.2) is 47.8 Å². The number of hydrogen-bond donors (Lipinski definition) is 1. The van der Waals surface area contributed by atoms with Gasteiger partial charge in [-0.1, -0.05) is 24.3 Å². The molecular weight excluding hydrogens is 188 g/mol. The fourth-order valence-electron chi connectivity index (χ4n) is 1.63. The SMILES string of the molecule is C=CCn1c(N)cc2ccccc2c1=O. The molecule has 3 nitrogen and oxygen atoms in total. The molecule has 0 fully saturated rings. The van der Waals surface area contributed by atoms with Crippen molar-refractivity contribution in [3.63, 3.8) is 0 Å². The highest BCUT2D eigenvalue weighted by atomic mass is 16.1. The first-order valence-electron chi connectivity index (χ1n) is 4.73. The monoisotopic (exact) mass is 200 g/mol. The van der Waals surface area contributed by atoms with Crippen molar-refractivity contribution in [1.82, 2.24) is 4.57 Å². The van der Waals surface area contributed by atoms with E-state index in [-0.39, 0.29) is 5.56 Å². The first kappa shape index (κ1) is 9.52. The van der Waals surface area contributed by atoms with Gasteiger partial charge in [-0.2, -0.15) is 0 Å². The minimum atomic E-state index is -0.0644. The molecule has 0 amide bonds. The van der Waals surface area contributed by atoms with Crippen LogP contribution in [0.2, 0.25) is 0 Å². The molecule has 0 spiro atoms. The van der Waals surface area contributed by atoms with Crippen LogP contribution in [0.1, 0.15) is 0 Å². The molecule has 2 N–H and O–H groups in total. The minimum absolute atomic E-state index is 0.0644. The summed E-state index contributed by atoms with van der Waals surface area (Å²) in [5, 5.41) is 1.56. The zero-order valence-electron chi connectivity index (χ0n) is 8.31. The smallest absolute Gasteiger partial charge is 0.260 e. The number of rotatable bonds is 2. The van der Waals surface area contributed by atoms with Crippen molar-refractivity contribution in [1.29, 1.82) is 0 Å². The summed E-state index contributed by atoms with van der Waals surface area (Å²) in [6.07, 6.45) is 1.66. The number of anilines is 1. The van der Waals surface area contributed by atoms with Crippen LogP contribution in [0, 0.1) is 0 Å². The Morgan fingerprint density at radius 1 is 1.40 bits per heavy atom. The molecule has 2 rings (SSSR count). The van der Waals surface area contributed by atoms with Crippen molar-refractivity contribution in [3.8, 4) is 0 Å². The lowest BCUT2D eigenvalue weighted by molar-refractivity contribution is 0.803. The zero-order chi connectivity index (χ0) is 10.8. The molecule has 0 aliphatic heterocycles. The molecule has 0 saturated carbocycles. The molecular formula is C12H12N2O. The molecule has 0 bridgehead atoms. The van der Waals surface area contributed by atoms with Gasteiger partial charge in [0.15, 0.2) is 0 Å². The summed E-state index contributed by atoms with van der Waals surface area (Å²) in [5.74, 6) is 0.471. The highest BCUT2D eigenvalue weighted by Gasteiger charge is 2.04. The van der Waals surface area contributed by atoms with Gasteiger partial charge in [0.05, 0.1) is 0 Å². The van der Waals surface area contributed by atoms with Gasteiger partial charge in [-0.05, 0) is 17.5 Å². The Hall–Kier alpha value is -2.03. The van der Waals surface area contributed by atoms with E-state index in [1.807, 2.05) is 18.2 Å². The third kappa shape index (κ3) is 1.52. The summed E-state index contributed by atoms with van der Waals surface area (Å²) in [5.41, 5.74) is 5.72. The van der Waals surface area contributed by atoms with Gasteiger partial charge in [0.1, 0.15) is 5.82 Å². The van der Waals surface area contributed by atoms with E-state index in [0.717, 1.165) is 5.39 Å². The van der Waals surface area contributed by atoms with Gasteiger partial charge in [0.2, 0.25) is 0 Å². The topological polar surface area (TPSA) is 48.0 Å². The molecule has 1 aromatic carbocycles. The van der Waals surface area contributed by atoms with E-state index in [1.54, 1.807) is 18.2 Å². The zero-order valence-corrected chi connectivity index (χ0v) is 8.31. The first-order valence-corrected chi connectivity index (χ1v) is 4.73. The van der Waals surface area contributed by atoms with Crippen molar-refractivity contribution in [3.05, 3.63) is 53.3 Å². The quantitative estimate of drug-likeness (QED) is 0.751. The molecule has 76 valence electrons. The minimum Gasteiger partial charge on any atom is -0.385 e. The van der Waals surface area contributed by atoms with E-state index >= 15 is 0 Å². The molecule has 1 heterocycles. The number of aromatic nitrogens is 1. The Balaban J connectivity index is 2.84. The number of nitrogen functional groups attached to an aromatic ring is 1. The molecule has 1 aromatic heterocycles. The largest absolute Gasteiger partial charge is 0.385 e. The lowest BCUT2D eigenvalue weighted by Crippen LogP contribution is -2.22. The predicted octanol–water partition coefficient (Wildman–Crippen LogP) is 1.77. The van der Waals surface area contributed by atoms with E-state index in [0.29, 0.717) is 17.7 Å². The number of pyridine rings is 1. The number of allylic oxidation sites excluding steroid dienone is 1. The van der Waals surface area contributed by atoms with Crippen molar-refractivity contribution < 1.29 is 0 Å². The molecule has 0 aliphatic carbocycles. The molecule has 0 aliphatic rings. The van der Waals surface area contributed by atoms with E-state index in [1.165, 1.54) is 4.57 Å². The number of hydrogen-bond acceptors (Lipinski definition) is 2. The third-order valence-corrected chi connectivity index (χ3v) is 2.36. The average molecular weight is 200 g/mol. The molecule has 3 heteroatoms. The summed E-state index contributed by atoms with van der Waals surface area (Å²) < 4.78 is 1.51. The van der Waals surface area contributed by atoms with Crippen molar-refractivity contribution in [2.24, 2.45) is 0 Å². The summed E-state index contributed by atoms with van der Waals surface area (Å²) in [4.78, 5) is 12.0. The molecule has 15 heavy (non-hydrogen) atoms. The van der Waals surface area contributed by atoms with Gasteiger partial charge < -0.3 is 5.73 Å². The maximum Gasteiger partial charge on any atom is 0.260 e. The maximum absolute atomic E-state index is 12.0. The first-order chi connectivity index (χ1) is 7.24. The van der Waals surface area contributed by atoms with Crippen LogP contribution in [0.4, 0.5) is 5.82 Å². The van der Waals surface area contributed by atoms with Crippen LogP contribution in [0.3, 0.4) is 0 Å². The Bertz CT molecular complexity index is 569. The van der Waals surface area contributed by atoms with Crippen molar-refractivity contribution in [2.45, 2.75) is 6.54 Å². The van der Waals surface area contributed by atoms with Crippen LogP contribution >= 0.6 is 0 Å². The fraction of sp³-hybridized carbons (Fsp3) is 0.0833. The Morgan fingerprint density at radius 3 is 2.87 bits per heavy atom. The standard InChI is InChI=1S/C12H12N2O/c1-2-7-14-11(13)8-9-5-3-4-6-10(9)12(14)15/h2-6,8H,1,7,13H2. The summed E-state index contributed by atoms with van der Waals surface area (Å²) in [7, 11) is 0. The van der Waals surface area contributed by atoms with Gasteiger partial charge in [-0.25, -0.2) is 0 Å². The Labute approximate surface area is 87.4 Å². The lowest BCUT2D eigenvalue weighted by atomic mass is 10.1. The van der Waals surface area contributed by atoms with Crippen LogP contribution < -0.4 is 11.3 Å². The summed E-state index contributed by atoms with van der Waals surface area (Å²) >= 11 is 0. The lowest BCUT2D eigenvalue weighted by Gasteiger charge is -2.08. The van der Waals surface area contributed by atoms with E-state index in [4.69, 9.17) is 5.73 Å². The van der Waals surface area contributed by atoms with Crippen molar-refractivity contribution >= 4 is 16.6 Å². The fourth-order valence-corrected chi connectivity index (χ4v) is 1.63. The second-order valence-corrected chi connectivity index (χ2v) is 3.36. The van der Waals surface area contributed by atoms with Gasteiger partial charge in [-0.15, -0.1) is 6.58 Å². The van der Waals surface area contributed by atoms with Crippen LogP contribution in [-0.4, -0.2) is 4.57 Å². The summed E-state index contributed by atoms with van der Waals surface area (Å²) in [6, 6.07) is 9.22. The normalized spacial score (nSPS) is 10.4. The molecule has 2 aromatic rings. The molecule has 0 atom stereocenters. The molecule has 0 unspecified atom stereocenters. The summed E-state index contributed by atoms with van der Waals surface area (Å²) in [6.45, 7) is 4.04. The van der Waals surface area contributed by atoms with E-state index in [2.05, 4.69) is 6.58 Å². The third-order valence-electron chi connectivity index (χ3n) is 2.36. The second kappa shape index (κ2) is 3.61. The Morgan fingerprint density at radius 2 is 2.13 bits per heavy atom. The van der Waals surface area contributed by atoms with Crippen molar-refractivity contribution in [2.75, 3.05) is 5.73 Å². The van der Waals surface area contributed by atoms with E-state index < -0.39 is 0 Å². The van der Waals surface area contributed by atoms with Crippen LogP contribution in [0.5, 0.6) is 0 Å². The van der Waals surface area contributed by atoms with E-state index in [9.17, 15) is 4.79 Å². The van der Waals surface area contributed by atoms with Crippen LogP contribution in [-0.2, 0) is 6.54 Å². The molecule has 0 radical (unpaired) electrons. The highest BCUT2D eigenvalue weighted by molar-refractivity contribution is 5.83. The predicted molar refractivity (Wildman–Crippen MR) is 62.8 cm³/mol. The number of nitrogens with two attached hydrogens (primary N) is 1. The van der Waals surface area contributed by atoms with Gasteiger partial charge in [-0.3, -0.25) is 9.36 Å². The van der Waals surface area contributed by atoms with Gasteiger partial charge >= 0.3 is 0 Å². The number of fused-ring (bicyclic) bond motifs is 1. The van der Waals surface area contributed by atoms with Gasteiger partial charge in [0, 0.05) is 11.9 Å². The van der Waals surface area contributed by atoms with Crippen LogP contribution in [0.25, 0.3) is 10.8 Å². The Kier molecular flexibility index (Phi) is 2.29. The number of nitrogens with zero attached hydrogens (tertiary/aromatic N) is 1. The van der Waals surface area contributed by atoms with Gasteiger partial charge in [0.25, 0.3) is 5.56 Å². The molecule has 0 saturated heterocycles. The number of benzene rings is 1. The average Bonchev–Trinajstić information content (AvgIpc) is 2.24. The maximum atomic E-state index is 12.0. The highest BCUT2D eigenvalue weighted by Crippen LogP contribution is 2.12.